The number of nitriles is 1. The molecule has 0 saturated heterocycles. The summed E-state index contributed by atoms with van der Waals surface area (Å²) in [6.07, 6.45) is 17.3. The molecule has 5 heteroatoms. The molecule has 1 aromatic heterocycles. The molecule has 0 aliphatic heterocycles. The fraction of sp³-hybridized carbons (Fsp3) is 0.600. The Morgan fingerprint density at radius 1 is 0.971 bits per heavy atom. The van der Waals surface area contributed by atoms with Gasteiger partial charge in [0.2, 0.25) is 0 Å². The fourth-order valence-electron chi connectivity index (χ4n) is 4.90. The molecule has 35 heavy (non-hydrogen) atoms. The van der Waals surface area contributed by atoms with Gasteiger partial charge in [0.25, 0.3) is 0 Å². The van der Waals surface area contributed by atoms with E-state index < -0.39 is 5.41 Å². The van der Waals surface area contributed by atoms with Crippen molar-refractivity contribution in [1.82, 2.24) is 9.97 Å². The number of hydrogen-bond donors (Lipinski definition) is 0. The average molecular weight is 476 g/mol. The van der Waals surface area contributed by atoms with Crippen LogP contribution in [0.5, 0.6) is 0 Å². The normalized spacial score (nSPS) is 19.7. The predicted octanol–water partition coefficient (Wildman–Crippen LogP) is 7.56. The lowest BCUT2D eigenvalue weighted by atomic mass is 9.69. The van der Waals surface area contributed by atoms with Gasteiger partial charge in [-0.1, -0.05) is 76.6 Å². The molecular formula is C30H41N3O2. The van der Waals surface area contributed by atoms with Gasteiger partial charge in [-0.25, -0.2) is 9.97 Å². The molecule has 0 bridgehead atoms. The van der Waals surface area contributed by atoms with E-state index in [-0.39, 0.29) is 5.97 Å². The summed E-state index contributed by atoms with van der Waals surface area (Å²) in [5, 5.41) is 9.73. The smallest absolute Gasteiger partial charge is 0.326 e. The zero-order valence-electron chi connectivity index (χ0n) is 21.6. The number of aromatic nitrogens is 2. The number of carbonyl (C=O) groups excluding carboxylic acids is 1. The number of nitrogens with zero attached hydrogens (tertiary/aromatic N) is 3. The summed E-state index contributed by atoms with van der Waals surface area (Å²) in [4.78, 5) is 21.7. The highest BCUT2D eigenvalue weighted by Gasteiger charge is 2.43. The van der Waals surface area contributed by atoms with Gasteiger partial charge in [-0.15, -0.1) is 0 Å². The van der Waals surface area contributed by atoms with Crippen molar-refractivity contribution in [2.45, 2.75) is 103 Å². The topological polar surface area (TPSA) is 75.9 Å². The molecule has 1 aliphatic rings. The first-order valence-corrected chi connectivity index (χ1v) is 13.6. The lowest BCUT2D eigenvalue weighted by molar-refractivity contribution is -0.154. The molecule has 188 valence electrons. The molecule has 0 atom stereocenters. The Morgan fingerprint density at radius 3 is 2.23 bits per heavy atom. The molecule has 0 amide bonds. The molecule has 0 radical (unpaired) electrons. The van der Waals surface area contributed by atoms with Crippen molar-refractivity contribution in [1.29, 1.82) is 5.26 Å². The molecule has 1 aliphatic carbocycles. The number of benzene rings is 1. The van der Waals surface area contributed by atoms with E-state index in [2.05, 4.69) is 54.2 Å². The van der Waals surface area contributed by atoms with E-state index in [0.29, 0.717) is 25.4 Å². The van der Waals surface area contributed by atoms with Crippen molar-refractivity contribution < 1.29 is 9.53 Å². The Balaban J connectivity index is 1.50. The van der Waals surface area contributed by atoms with Crippen molar-refractivity contribution in [3.8, 4) is 17.5 Å². The first-order chi connectivity index (χ1) is 17.1. The van der Waals surface area contributed by atoms with E-state index in [4.69, 9.17) is 4.74 Å². The van der Waals surface area contributed by atoms with E-state index in [0.717, 1.165) is 43.5 Å². The molecule has 2 aromatic rings. The van der Waals surface area contributed by atoms with Gasteiger partial charge >= 0.3 is 5.97 Å². The van der Waals surface area contributed by atoms with Crippen molar-refractivity contribution >= 4 is 5.97 Å². The number of carbonyl (C=O) groups is 1. The number of unbranched alkanes of at least 4 members (excludes halogenated alkanes) is 6. The SMILES string of the molecule is CCCCCCCCc1cnc(-c2ccc([C@H]3CC[C@@](C#N)(C(=O)OCCCC)CC3)cc2)nc1. The number of aryl methyl sites for hydroxylation is 1. The van der Waals surface area contributed by atoms with Crippen LogP contribution in [0.25, 0.3) is 11.4 Å². The molecule has 1 aromatic carbocycles. The summed E-state index contributed by atoms with van der Waals surface area (Å²) in [5.41, 5.74) is 2.49. The van der Waals surface area contributed by atoms with Crippen LogP contribution in [-0.4, -0.2) is 22.5 Å². The summed E-state index contributed by atoms with van der Waals surface area (Å²) < 4.78 is 5.40. The van der Waals surface area contributed by atoms with Crippen molar-refractivity contribution in [2.24, 2.45) is 5.41 Å². The van der Waals surface area contributed by atoms with Crippen LogP contribution < -0.4 is 0 Å². The maximum atomic E-state index is 12.5. The van der Waals surface area contributed by atoms with Gasteiger partial charge in [-0.3, -0.25) is 4.79 Å². The third-order valence-electron chi connectivity index (χ3n) is 7.34. The van der Waals surface area contributed by atoms with Crippen LogP contribution >= 0.6 is 0 Å². The molecular weight excluding hydrogens is 434 g/mol. The Morgan fingerprint density at radius 2 is 1.60 bits per heavy atom. The van der Waals surface area contributed by atoms with Gasteiger partial charge in [-0.05, 0) is 62.0 Å². The first-order valence-electron chi connectivity index (χ1n) is 13.6. The predicted molar refractivity (Wildman–Crippen MR) is 140 cm³/mol. The molecule has 5 nitrogen and oxygen atoms in total. The van der Waals surface area contributed by atoms with Crippen LogP contribution in [-0.2, 0) is 16.0 Å². The number of rotatable bonds is 13. The second-order valence-electron chi connectivity index (χ2n) is 10.0. The van der Waals surface area contributed by atoms with Gasteiger partial charge < -0.3 is 4.74 Å². The monoisotopic (exact) mass is 475 g/mol. The maximum Gasteiger partial charge on any atom is 0.326 e. The lowest BCUT2D eigenvalue weighted by Gasteiger charge is -2.33. The summed E-state index contributed by atoms with van der Waals surface area (Å²) in [7, 11) is 0. The lowest BCUT2D eigenvalue weighted by Crippen LogP contribution is -2.35. The standard InChI is InChI=1S/C30H41N3O2/c1-3-5-7-8-9-10-11-24-21-32-28(33-22-24)27-14-12-25(13-15-27)26-16-18-30(23-31,19-17-26)29(34)35-20-6-4-2/h12-15,21-22,26H,3-11,16-20H2,1-2H3/t26-,30+. The Kier molecular flexibility index (Phi) is 10.7. The minimum absolute atomic E-state index is 0.334. The highest BCUT2D eigenvalue weighted by molar-refractivity contribution is 5.80. The van der Waals surface area contributed by atoms with Crippen LogP contribution in [0.15, 0.2) is 36.7 Å². The highest BCUT2D eigenvalue weighted by Crippen LogP contribution is 2.43. The minimum atomic E-state index is -0.977. The van der Waals surface area contributed by atoms with Crippen molar-refractivity contribution in [3.63, 3.8) is 0 Å². The van der Waals surface area contributed by atoms with Gasteiger partial charge in [0.05, 0.1) is 12.7 Å². The maximum absolute atomic E-state index is 12.5. The second-order valence-corrected chi connectivity index (χ2v) is 10.0. The molecule has 1 fully saturated rings. The van der Waals surface area contributed by atoms with Gasteiger partial charge in [0.15, 0.2) is 11.2 Å². The van der Waals surface area contributed by atoms with Crippen molar-refractivity contribution in [3.05, 3.63) is 47.8 Å². The molecule has 1 heterocycles. The van der Waals surface area contributed by atoms with Crippen LogP contribution in [0.1, 0.15) is 108 Å². The zero-order valence-corrected chi connectivity index (χ0v) is 21.6. The third kappa shape index (κ3) is 7.62. The third-order valence-corrected chi connectivity index (χ3v) is 7.34. The minimum Gasteiger partial charge on any atom is -0.465 e. The molecule has 0 unspecified atom stereocenters. The van der Waals surface area contributed by atoms with E-state index in [9.17, 15) is 10.1 Å². The molecule has 0 N–H and O–H groups in total. The summed E-state index contributed by atoms with van der Waals surface area (Å²) in [6, 6.07) is 10.7. The summed E-state index contributed by atoms with van der Waals surface area (Å²) in [5.74, 6) is 0.777. The highest BCUT2D eigenvalue weighted by atomic mass is 16.5. The van der Waals surface area contributed by atoms with E-state index in [1.807, 2.05) is 12.4 Å². The van der Waals surface area contributed by atoms with Gasteiger partial charge in [-0.2, -0.15) is 5.26 Å². The second kappa shape index (κ2) is 14.0. The zero-order chi connectivity index (χ0) is 24.9. The largest absolute Gasteiger partial charge is 0.465 e. The van der Waals surface area contributed by atoms with Crippen LogP contribution in [0.4, 0.5) is 0 Å². The van der Waals surface area contributed by atoms with Gasteiger partial charge in [0, 0.05) is 18.0 Å². The average Bonchev–Trinajstić information content (AvgIpc) is 2.91. The summed E-state index contributed by atoms with van der Waals surface area (Å²) >= 11 is 0. The summed E-state index contributed by atoms with van der Waals surface area (Å²) in [6.45, 7) is 4.71. The fourth-order valence-corrected chi connectivity index (χ4v) is 4.90. The number of esters is 1. The van der Waals surface area contributed by atoms with Crippen LogP contribution in [0, 0.1) is 16.7 Å². The van der Waals surface area contributed by atoms with E-state index >= 15 is 0 Å². The molecule has 1 saturated carbocycles. The molecule has 3 rings (SSSR count). The Bertz CT molecular complexity index is 939. The van der Waals surface area contributed by atoms with Crippen LogP contribution in [0.3, 0.4) is 0 Å². The van der Waals surface area contributed by atoms with Crippen molar-refractivity contribution in [2.75, 3.05) is 6.61 Å². The number of ether oxygens (including phenoxy) is 1. The van der Waals surface area contributed by atoms with E-state index in [1.54, 1.807) is 0 Å². The van der Waals surface area contributed by atoms with Gasteiger partial charge in [0.1, 0.15) is 0 Å². The Labute approximate surface area is 211 Å². The van der Waals surface area contributed by atoms with Crippen LogP contribution in [0.2, 0.25) is 0 Å². The first kappa shape index (κ1) is 26.9. The quantitative estimate of drug-likeness (QED) is 0.221. The number of hydrogen-bond acceptors (Lipinski definition) is 5. The van der Waals surface area contributed by atoms with E-state index in [1.165, 1.54) is 49.7 Å². The Hall–Kier alpha value is -2.74. The molecule has 0 spiro atoms.